The number of amides is 1. The van der Waals surface area contributed by atoms with Crippen molar-refractivity contribution in [2.75, 3.05) is 19.6 Å². The summed E-state index contributed by atoms with van der Waals surface area (Å²) < 4.78 is 0. The lowest BCUT2D eigenvalue weighted by Crippen LogP contribution is -2.31. The van der Waals surface area contributed by atoms with Crippen LogP contribution in [0.1, 0.15) is 19.8 Å². The molecular formula is C9H18N2O4. The van der Waals surface area contributed by atoms with Crippen LogP contribution < -0.4 is 10.6 Å². The second-order valence-electron chi connectivity index (χ2n) is 3.10. The Labute approximate surface area is 88.7 Å². The Bertz CT molecular complexity index is 208. The van der Waals surface area contributed by atoms with E-state index in [2.05, 4.69) is 10.6 Å². The Morgan fingerprint density at radius 3 is 2.53 bits per heavy atom. The number of aliphatic hydroxyl groups is 1. The van der Waals surface area contributed by atoms with Gasteiger partial charge in [-0.3, -0.25) is 4.79 Å². The molecule has 0 aromatic heterocycles. The molecule has 0 saturated heterocycles. The fourth-order valence-corrected chi connectivity index (χ4v) is 0.939. The Kier molecular flexibility index (Phi) is 7.57. The summed E-state index contributed by atoms with van der Waals surface area (Å²) in [5.41, 5.74) is 0. The molecule has 88 valence electrons. The van der Waals surface area contributed by atoms with Gasteiger partial charge in [0.25, 0.3) is 0 Å². The van der Waals surface area contributed by atoms with Gasteiger partial charge in [0.2, 0.25) is 5.91 Å². The van der Waals surface area contributed by atoms with Crippen molar-refractivity contribution in [3.63, 3.8) is 0 Å². The highest BCUT2D eigenvalue weighted by Crippen LogP contribution is 1.89. The molecule has 0 aliphatic rings. The van der Waals surface area contributed by atoms with Crippen LogP contribution in [-0.2, 0) is 9.59 Å². The van der Waals surface area contributed by atoms with E-state index >= 15 is 0 Å². The number of aliphatic carboxylic acids is 1. The highest BCUT2D eigenvalue weighted by atomic mass is 16.4. The van der Waals surface area contributed by atoms with Crippen LogP contribution in [0.3, 0.4) is 0 Å². The van der Waals surface area contributed by atoms with Crippen LogP contribution in [0.5, 0.6) is 0 Å². The van der Waals surface area contributed by atoms with E-state index in [1.54, 1.807) is 0 Å². The zero-order chi connectivity index (χ0) is 11.7. The van der Waals surface area contributed by atoms with Gasteiger partial charge in [-0.1, -0.05) is 6.92 Å². The summed E-state index contributed by atoms with van der Waals surface area (Å²) in [6.45, 7) is 3.54. The molecule has 0 heterocycles. The van der Waals surface area contributed by atoms with Gasteiger partial charge in [0.1, 0.15) is 0 Å². The fourth-order valence-electron chi connectivity index (χ4n) is 0.939. The largest absolute Gasteiger partial charge is 0.479 e. The second-order valence-corrected chi connectivity index (χ2v) is 3.10. The van der Waals surface area contributed by atoms with Gasteiger partial charge in [-0.05, 0) is 6.54 Å². The van der Waals surface area contributed by atoms with Crippen molar-refractivity contribution in [2.24, 2.45) is 0 Å². The first-order chi connectivity index (χ1) is 7.07. The first-order valence-electron chi connectivity index (χ1n) is 4.96. The lowest BCUT2D eigenvalue weighted by Gasteiger charge is -2.07. The molecule has 15 heavy (non-hydrogen) atoms. The first kappa shape index (κ1) is 13.9. The van der Waals surface area contributed by atoms with Gasteiger partial charge in [0.15, 0.2) is 6.10 Å². The molecular weight excluding hydrogens is 200 g/mol. The van der Waals surface area contributed by atoms with Crippen molar-refractivity contribution >= 4 is 11.9 Å². The molecule has 6 nitrogen and oxygen atoms in total. The topological polar surface area (TPSA) is 98.7 Å². The molecule has 1 amide bonds. The fraction of sp³-hybridized carbons (Fsp3) is 0.778. The van der Waals surface area contributed by atoms with Gasteiger partial charge in [0, 0.05) is 25.9 Å². The number of aliphatic hydroxyl groups excluding tert-OH is 1. The molecule has 0 spiro atoms. The van der Waals surface area contributed by atoms with Crippen molar-refractivity contribution in [1.29, 1.82) is 0 Å². The van der Waals surface area contributed by atoms with Crippen molar-refractivity contribution < 1.29 is 19.8 Å². The molecule has 0 aliphatic carbocycles. The Hall–Kier alpha value is -1.14. The quantitative estimate of drug-likeness (QED) is 0.389. The van der Waals surface area contributed by atoms with Gasteiger partial charge >= 0.3 is 5.97 Å². The maximum absolute atomic E-state index is 11.1. The zero-order valence-corrected chi connectivity index (χ0v) is 8.82. The van der Waals surface area contributed by atoms with Crippen molar-refractivity contribution in [3.05, 3.63) is 0 Å². The monoisotopic (exact) mass is 218 g/mol. The average molecular weight is 218 g/mol. The molecule has 1 atom stereocenters. The van der Waals surface area contributed by atoms with Gasteiger partial charge in [-0.25, -0.2) is 4.79 Å². The minimum Gasteiger partial charge on any atom is -0.479 e. The molecule has 0 aromatic rings. The van der Waals surface area contributed by atoms with Crippen LogP contribution in [-0.4, -0.2) is 47.8 Å². The summed E-state index contributed by atoms with van der Waals surface area (Å²) in [4.78, 5) is 21.3. The van der Waals surface area contributed by atoms with E-state index in [-0.39, 0.29) is 18.9 Å². The standard InChI is InChI=1S/C9H18N2O4/c1-2-10-5-4-8(13)11-6-3-7(12)9(14)15/h7,10,12H,2-6H2,1H3,(H,11,13)(H,14,15)/t7-/m0/s1. The number of rotatable bonds is 8. The zero-order valence-electron chi connectivity index (χ0n) is 8.82. The van der Waals surface area contributed by atoms with E-state index < -0.39 is 12.1 Å². The number of carboxylic acids is 1. The van der Waals surface area contributed by atoms with Crippen LogP contribution >= 0.6 is 0 Å². The molecule has 0 rings (SSSR count). The van der Waals surface area contributed by atoms with E-state index in [4.69, 9.17) is 10.2 Å². The first-order valence-corrected chi connectivity index (χ1v) is 4.96. The number of carbonyl (C=O) groups is 2. The third-order valence-electron chi connectivity index (χ3n) is 1.80. The highest BCUT2D eigenvalue weighted by Gasteiger charge is 2.12. The molecule has 6 heteroatoms. The third kappa shape index (κ3) is 7.90. The molecule has 4 N–H and O–H groups in total. The lowest BCUT2D eigenvalue weighted by molar-refractivity contribution is -0.147. The van der Waals surface area contributed by atoms with Crippen LogP contribution in [0.25, 0.3) is 0 Å². The van der Waals surface area contributed by atoms with Crippen LogP contribution in [0.4, 0.5) is 0 Å². The molecule has 0 radical (unpaired) electrons. The molecule has 0 saturated carbocycles. The van der Waals surface area contributed by atoms with Crippen molar-refractivity contribution in [2.45, 2.75) is 25.9 Å². The van der Waals surface area contributed by atoms with Crippen molar-refractivity contribution in [1.82, 2.24) is 10.6 Å². The van der Waals surface area contributed by atoms with Gasteiger partial charge in [-0.15, -0.1) is 0 Å². The Morgan fingerprint density at radius 1 is 1.33 bits per heavy atom. The summed E-state index contributed by atoms with van der Waals surface area (Å²) in [6, 6.07) is 0. The molecule has 0 aromatic carbocycles. The van der Waals surface area contributed by atoms with E-state index in [1.807, 2.05) is 6.92 Å². The van der Waals surface area contributed by atoms with E-state index in [0.29, 0.717) is 13.0 Å². The number of carboxylic acid groups (broad SMARTS) is 1. The van der Waals surface area contributed by atoms with Crippen LogP contribution in [0.15, 0.2) is 0 Å². The Morgan fingerprint density at radius 2 is 2.00 bits per heavy atom. The smallest absolute Gasteiger partial charge is 0.332 e. The predicted octanol–water partition coefficient (Wildman–Crippen LogP) is -1.06. The van der Waals surface area contributed by atoms with Crippen LogP contribution in [0.2, 0.25) is 0 Å². The maximum atomic E-state index is 11.1. The van der Waals surface area contributed by atoms with E-state index in [1.165, 1.54) is 0 Å². The summed E-state index contributed by atoms with van der Waals surface area (Å²) in [7, 11) is 0. The summed E-state index contributed by atoms with van der Waals surface area (Å²) in [6.07, 6.45) is -1.02. The van der Waals surface area contributed by atoms with Crippen LogP contribution in [0, 0.1) is 0 Å². The van der Waals surface area contributed by atoms with E-state index in [9.17, 15) is 9.59 Å². The number of nitrogens with one attached hydrogen (secondary N) is 2. The third-order valence-corrected chi connectivity index (χ3v) is 1.80. The molecule has 0 unspecified atom stereocenters. The molecule has 0 aliphatic heterocycles. The van der Waals surface area contributed by atoms with Gasteiger partial charge in [0.05, 0.1) is 0 Å². The maximum Gasteiger partial charge on any atom is 0.332 e. The minimum absolute atomic E-state index is 0.0300. The lowest BCUT2D eigenvalue weighted by atomic mass is 10.2. The summed E-state index contributed by atoms with van der Waals surface area (Å²) in [5, 5.41) is 22.8. The van der Waals surface area contributed by atoms with Gasteiger partial charge in [-0.2, -0.15) is 0 Å². The van der Waals surface area contributed by atoms with Gasteiger partial charge < -0.3 is 20.8 Å². The normalized spacial score (nSPS) is 12.1. The van der Waals surface area contributed by atoms with Crippen molar-refractivity contribution in [3.8, 4) is 0 Å². The summed E-state index contributed by atoms with van der Waals surface area (Å²) in [5.74, 6) is -1.41. The number of hydrogen-bond acceptors (Lipinski definition) is 4. The average Bonchev–Trinajstić information content (AvgIpc) is 2.18. The molecule has 0 fully saturated rings. The SMILES string of the molecule is CCNCCC(=O)NCC[C@H](O)C(=O)O. The molecule has 0 bridgehead atoms. The highest BCUT2D eigenvalue weighted by molar-refractivity contribution is 5.76. The summed E-state index contributed by atoms with van der Waals surface area (Å²) >= 11 is 0. The number of hydrogen-bond donors (Lipinski definition) is 4. The predicted molar refractivity (Wildman–Crippen MR) is 54.4 cm³/mol. The minimum atomic E-state index is -1.40. The number of carbonyl (C=O) groups excluding carboxylic acids is 1. The van der Waals surface area contributed by atoms with E-state index in [0.717, 1.165) is 6.54 Å². The Balaban J connectivity index is 3.42. The second kappa shape index (κ2) is 8.19.